The van der Waals surface area contributed by atoms with Gasteiger partial charge in [-0.1, -0.05) is 19.4 Å². The van der Waals surface area contributed by atoms with Gasteiger partial charge in [0, 0.05) is 11.3 Å². The summed E-state index contributed by atoms with van der Waals surface area (Å²) >= 11 is 0. The standard InChI is InChI=1S/C15H21N5/c1-4-5-11-7-14(11)20-15(17-18-19-20)12-8-13(16)10(3)6-9(12)2/h6,8,11,14H,4-5,7,16H2,1-3H3. The molecule has 1 aliphatic carbocycles. The van der Waals surface area contributed by atoms with Gasteiger partial charge in [-0.25, -0.2) is 4.68 Å². The van der Waals surface area contributed by atoms with Crippen LogP contribution in [0.25, 0.3) is 11.4 Å². The summed E-state index contributed by atoms with van der Waals surface area (Å²) in [5, 5.41) is 12.3. The molecule has 1 fully saturated rings. The molecule has 0 spiro atoms. The highest BCUT2D eigenvalue weighted by Crippen LogP contribution is 2.47. The molecular formula is C15H21N5. The molecule has 0 aliphatic heterocycles. The lowest BCUT2D eigenvalue weighted by atomic mass is 10.0. The first kappa shape index (κ1) is 13.1. The zero-order chi connectivity index (χ0) is 14.3. The number of nitrogens with zero attached hydrogens (tertiary/aromatic N) is 4. The van der Waals surface area contributed by atoms with Crippen molar-refractivity contribution in [3.05, 3.63) is 23.3 Å². The summed E-state index contributed by atoms with van der Waals surface area (Å²) in [5.41, 5.74) is 10.1. The monoisotopic (exact) mass is 271 g/mol. The molecule has 20 heavy (non-hydrogen) atoms. The second-order valence-electron chi connectivity index (χ2n) is 5.82. The van der Waals surface area contributed by atoms with Crippen LogP contribution in [0.5, 0.6) is 0 Å². The molecule has 5 nitrogen and oxygen atoms in total. The maximum absolute atomic E-state index is 6.03. The summed E-state index contributed by atoms with van der Waals surface area (Å²) in [5.74, 6) is 1.57. The predicted octanol–water partition coefficient (Wildman–Crippen LogP) is 2.90. The Morgan fingerprint density at radius 3 is 2.85 bits per heavy atom. The van der Waals surface area contributed by atoms with Gasteiger partial charge in [-0.2, -0.15) is 0 Å². The van der Waals surface area contributed by atoms with Crippen LogP contribution >= 0.6 is 0 Å². The summed E-state index contributed by atoms with van der Waals surface area (Å²) in [4.78, 5) is 0. The van der Waals surface area contributed by atoms with E-state index in [0.717, 1.165) is 28.6 Å². The number of hydrogen-bond donors (Lipinski definition) is 1. The lowest BCUT2D eigenvalue weighted by Gasteiger charge is -2.10. The third-order valence-corrected chi connectivity index (χ3v) is 4.21. The molecule has 1 aromatic heterocycles. The number of tetrazole rings is 1. The van der Waals surface area contributed by atoms with Crippen molar-refractivity contribution in [1.29, 1.82) is 0 Å². The summed E-state index contributed by atoms with van der Waals surface area (Å²) < 4.78 is 1.98. The van der Waals surface area contributed by atoms with Gasteiger partial charge in [0.2, 0.25) is 0 Å². The normalized spacial score (nSPS) is 21.1. The first-order valence-electron chi connectivity index (χ1n) is 7.26. The fraction of sp³-hybridized carbons (Fsp3) is 0.533. The number of rotatable bonds is 4. The third-order valence-electron chi connectivity index (χ3n) is 4.21. The average Bonchev–Trinajstić information content (AvgIpc) is 3.00. The quantitative estimate of drug-likeness (QED) is 0.868. The van der Waals surface area contributed by atoms with Crippen molar-refractivity contribution >= 4 is 5.69 Å². The van der Waals surface area contributed by atoms with Crippen molar-refractivity contribution in [2.75, 3.05) is 5.73 Å². The second-order valence-corrected chi connectivity index (χ2v) is 5.82. The molecule has 0 amide bonds. The number of anilines is 1. The van der Waals surface area contributed by atoms with E-state index in [4.69, 9.17) is 5.73 Å². The van der Waals surface area contributed by atoms with Crippen LogP contribution in [0.15, 0.2) is 12.1 Å². The zero-order valence-electron chi connectivity index (χ0n) is 12.3. The maximum Gasteiger partial charge on any atom is 0.182 e. The van der Waals surface area contributed by atoms with Crippen LogP contribution in [-0.4, -0.2) is 20.2 Å². The van der Waals surface area contributed by atoms with E-state index in [9.17, 15) is 0 Å². The Balaban J connectivity index is 1.96. The highest BCUT2D eigenvalue weighted by molar-refractivity contribution is 5.67. The number of aromatic nitrogens is 4. The second kappa shape index (κ2) is 4.89. The van der Waals surface area contributed by atoms with Gasteiger partial charge in [-0.15, -0.1) is 5.10 Å². The van der Waals surface area contributed by atoms with Crippen LogP contribution in [0.3, 0.4) is 0 Å². The summed E-state index contributed by atoms with van der Waals surface area (Å²) in [7, 11) is 0. The minimum Gasteiger partial charge on any atom is -0.398 e. The van der Waals surface area contributed by atoms with Gasteiger partial charge in [0.25, 0.3) is 0 Å². The summed E-state index contributed by atoms with van der Waals surface area (Å²) in [6.45, 7) is 6.32. The van der Waals surface area contributed by atoms with Crippen molar-refractivity contribution < 1.29 is 0 Å². The highest BCUT2D eigenvalue weighted by atomic mass is 15.6. The Kier molecular flexibility index (Phi) is 3.20. The molecule has 0 saturated heterocycles. The topological polar surface area (TPSA) is 69.6 Å². The molecule has 1 aliphatic rings. The molecule has 1 aromatic carbocycles. The molecule has 5 heteroatoms. The minimum absolute atomic E-state index is 0.460. The van der Waals surface area contributed by atoms with E-state index in [1.54, 1.807) is 0 Å². The molecule has 3 rings (SSSR count). The van der Waals surface area contributed by atoms with Gasteiger partial charge in [0.05, 0.1) is 6.04 Å². The average molecular weight is 271 g/mol. The van der Waals surface area contributed by atoms with Gasteiger partial charge in [0.15, 0.2) is 5.82 Å². The number of aryl methyl sites for hydroxylation is 2. The summed E-state index contributed by atoms with van der Waals surface area (Å²) in [6, 6.07) is 4.55. The lowest BCUT2D eigenvalue weighted by molar-refractivity contribution is 0.548. The molecule has 0 radical (unpaired) electrons. The minimum atomic E-state index is 0.460. The van der Waals surface area contributed by atoms with Gasteiger partial charge in [-0.05, 0) is 60.2 Å². The van der Waals surface area contributed by atoms with E-state index in [1.165, 1.54) is 24.8 Å². The predicted molar refractivity (Wildman–Crippen MR) is 79.2 cm³/mol. The number of nitrogens with two attached hydrogens (primary N) is 1. The molecule has 2 atom stereocenters. The fourth-order valence-corrected chi connectivity index (χ4v) is 2.92. The maximum atomic E-state index is 6.03. The fourth-order valence-electron chi connectivity index (χ4n) is 2.92. The van der Waals surface area contributed by atoms with Crippen molar-refractivity contribution in [1.82, 2.24) is 20.2 Å². The van der Waals surface area contributed by atoms with E-state index < -0.39 is 0 Å². The molecule has 2 N–H and O–H groups in total. The van der Waals surface area contributed by atoms with E-state index in [1.807, 2.05) is 17.7 Å². The number of nitrogen functional groups attached to an aromatic ring is 1. The zero-order valence-corrected chi connectivity index (χ0v) is 12.3. The highest BCUT2D eigenvalue weighted by Gasteiger charge is 2.40. The van der Waals surface area contributed by atoms with Crippen LogP contribution in [0.4, 0.5) is 5.69 Å². The SMILES string of the molecule is CCCC1CC1n1nnnc1-c1cc(N)c(C)cc1C. The van der Waals surface area contributed by atoms with Crippen molar-refractivity contribution in [2.24, 2.45) is 5.92 Å². The smallest absolute Gasteiger partial charge is 0.182 e. The first-order chi connectivity index (χ1) is 9.61. The van der Waals surface area contributed by atoms with E-state index in [2.05, 4.69) is 35.4 Å². The van der Waals surface area contributed by atoms with E-state index in [0.29, 0.717) is 6.04 Å². The Morgan fingerprint density at radius 1 is 1.30 bits per heavy atom. The molecular weight excluding hydrogens is 250 g/mol. The lowest BCUT2D eigenvalue weighted by Crippen LogP contribution is -2.04. The van der Waals surface area contributed by atoms with Gasteiger partial charge < -0.3 is 5.73 Å². The Labute approximate surface area is 119 Å². The van der Waals surface area contributed by atoms with Gasteiger partial charge >= 0.3 is 0 Å². The molecule has 2 unspecified atom stereocenters. The van der Waals surface area contributed by atoms with Crippen LogP contribution in [0.1, 0.15) is 43.4 Å². The van der Waals surface area contributed by atoms with E-state index in [-0.39, 0.29) is 0 Å². The molecule has 2 aromatic rings. The van der Waals surface area contributed by atoms with Crippen molar-refractivity contribution in [3.8, 4) is 11.4 Å². The molecule has 1 heterocycles. The largest absolute Gasteiger partial charge is 0.398 e. The number of hydrogen-bond acceptors (Lipinski definition) is 4. The van der Waals surface area contributed by atoms with Crippen LogP contribution in [-0.2, 0) is 0 Å². The Morgan fingerprint density at radius 2 is 2.10 bits per heavy atom. The van der Waals surface area contributed by atoms with Crippen molar-refractivity contribution in [2.45, 2.75) is 46.1 Å². The number of benzene rings is 1. The van der Waals surface area contributed by atoms with Gasteiger partial charge in [-0.3, -0.25) is 0 Å². The molecule has 0 bridgehead atoms. The van der Waals surface area contributed by atoms with Crippen molar-refractivity contribution in [3.63, 3.8) is 0 Å². The summed E-state index contributed by atoms with van der Waals surface area (Å²) in [6.07, 6.45) is 3.65. The van der Waals surface area contributed by atoms with E-state index >= 15 is 0 Å². The first-order valence-corrected chi connectivity index (χ1v) is 7.26. The van der Waals surface area contributed by atoms with Crippen LogP contribution in [0.2, 0.25) is 0 Å². The molecule has 1 saturated carbocycles. The van der Waals surface area contributed by atoms with Gasteiger partial charge in [0.1, 0.15) is 0 Å². The van der Waals surface area contributed by atoms with Crippen LogP contribution < -0.4 is 5.73 Å². The molecule has 106 valence electrons. The Bertz CT molecular complexity index is 631. The van der Waals surface area contributed by atoms with Crippen LogP contribution in [0, 0.1) is 19.8 Å². The third kappa shape index (κ3) is 2.17. The Hall–Kier alpha value is -1.91.